The molecule has 0 aromatic heterocycles. The highest BCUT2D eigenvalue weighted by atomic mass is 32.2. The molecule has 0 saturated heterocycles. The minimum absolute atomic E-state index is 0.111. The summed E-state index contributed by atoms with van der Waals surface area (Å²) < 4.78 is 35.4. The average molecular weight is 424 g/mol. The highest BCUT2D eigenvalue weighted by Gasteiger charge is 2.14. The van der Waals surface area contributed by atoms with Crippen LogP contribution in [0, 0.1) is 0 Å². The molecule has 0 bridgehead atoms. The Morgan fingerprint density at radius 1 is 0.967 bits per heavy atom. The molecule has 7 nitrogen and oxygen atoms in total. The van der Waals surface area contributed by atoms with Gasteiger partial charge in [-0.05, 0) is 55.0 Å². The van der Waals surface area contributed by atoms with Gasteiger partial charge in [-0.2, -0.15) is 13.5 Å². The minimum Gasteiger partial charge on any atom is -0.490 e. The maximum absolute atomic E-state index is 12.3. The average Bonchev–Trinajstić information content (AvgIpc) is 2.77. The van der Waals surface area contributed by atoms with Crippen LogP contribution < -0.4 is 14.3 Å². The number of carbonyl (C=O) groups is 1. The lowest BCUT2D eigenvalue weighted by molar-refractivity contribution is 0.0728. The first-order chi connectivity index (χ1) is 14.5. The zero-order valence-corrected chi connectivity index (χ0v) is 17.0. The summed E-state index contributed by atoms with van der Waals surface area (Å²) in [7, 11) is -3.75. The van der Waals surface area contributed by atoms with E-state index in [1.807, 2.05) is 6.07 Å². The van der Waals surface area contributed by atoms with E-state index in [4.69, 9.17) is 9.47 Å². The lowest BCUT2D eigenvalue weighted by Gasteiger charge is -2.11. The first kappa shape index (κ1) is 21.1. The molecule has 1 N–H and O–H groups in total. The summed E-state index contributed by atoms with van der Waals surface area (Å²) in [4.78, 5) is 14.6. The Hall–Kier alpha value is -3.65. The van der Waals surface area contributed by atoms with Crippen molar-refractivity contribution in [3.8, 4) is 11.5 Å². The van der Waals surface area contributed by atoms with Gasteiger partial charge in [0, 0.05) is 0 Å². The molecule has 0 spiro atoms. The maximum atomic E-state index is 12.3. The van der Waals surface area contributed by atoms with Gasteiger partial charge in [0.2, 0.25) is 0 Å². The third kappa shape index (κ3) is 5.45. The van der Waals surface area contributed by atoms with Crippen molar-refractivity contribution in [2.75, 3.05) is 6.61 Å². The van der Waals surface area contributed by atoms with Crippen LogP contribution in [-0.2, 0) is 10.0 Å². The summed E-state index contributed by atoms with van der Waals surface area (Å²) in [6, 6.07) is 21.3. The number of hydrazone groups is 1. The highest BCUT2D eigenvalue weighted by molar-refractivity contribution is 7.89. The Morgan fingerprint density at radius 2 is 1.63 bits per heavy atom. The Bertz CT molecular complexity index is 1130. The number of sulfonamides is 1. The van der Waals surface area contributed by atoms with E-state index in [-0.39, 0.29) is 10.6 Å². The molecule has 3 aromatic carbocycles. The summed E-state index contributed by atoms with van der Waals surface area (Å²) in [5.74, 6) is 0.0953. The van der Waals surface area contributed by atoms with Gasteiger partial charge >= 0.3 is 5.97 Å². The van der Waals surface area contributed by atoms with E-state index in [1.54, 1.807) is 67.6 Å². The quantitative estimate of drug-likeness (QED) is 0.258. The summed E-state index contributed by atoms with van der Waals surface area (Å²) in [6.07, 6.45) is 1.34. The lowest BCUT2D eigenvalue weighted by atomic mass is 10.2. The van der Waals surface area contributed by atoms with Crippen molar-refractivity contribution < 1.29 is 22.7 Å². The molecule has 0 aliphatic rings. The molecule has 3 aromatic rings. The first-order valence-electron chi connectivity index (χ1n) is 9.13. The Kier molecular flexibility index (Phi) is 6.82. The first-order valence-corrected chi connectivity index (χ1v) is 10.6. The molecule has 0 fully saturated rings. The van der Waals surface area contributed by atoms with Gasteiger partial charge in [-0.3, -0.25) is 0 Å². The topological polar surface area (TPSA) is 94.1 Å². The van der Waals surface area contributed by atoms with Gasteiger partial charge in [0.05, 0.1) is 23.3 Å². The number of esters is 1. The van der Waals surface area contributed by atoms with Crippen LogP contribution in [0.5, 0.6) is 11.5 Å². The number of benzene rings is 3. The SMILES string of the molecule is CCOc1cc(/C=N\NS(=O)(=O)c2ccccc2)ccc1OC(=O)c1ccccc1. The molecular weight excluding hydrogens is 404 g/mol. The molecule has 154 valence electrons. The molecule has 0 radical (unpaired) electrons. The van der Waals surface area contributed by atoms with Gasteiger partial charge in [-0.1, -0.05) is 36.4 Å². The van der Waals surface area contributed by atoms with Crippen molar-refractivity contribution in [3.63, 3.8) is 0 Å². The van der Waals surface area contributed by atoms with Gasteiger partial charge in [0.1, 0.15) is 0 Å². The minimum atomic E-state index is -3.75. The van der Waals surface area contributed by atoms with E-state index >= 15 is 0 Å². The van der Waals surface area contributed by atoms with Crippen molar-refractivity contribution >= 4 is 22.2 Å². The molecule has 0 unspecified atom stereocenters. The molecule has 0 aliphatic heterocycles. The number of carbonyl (C=O) groups excluding carboxylic acids is 1. The van der Waals surface area contributed by atoms with Crippen LogP contribution >= 0.6 is 0 Å². The third-order valence-corrected chi connectivity index (χ3v) is 5.16. The molecule has 8 heteroatoms. The van der Waals surface area contributed by atoms with Gasteiger partial charge in [0.15, 0.2) is 11.5 Å². The summed E-state index contributed by atoms with van der Waals surface area (Å²) >= 11 is 0. The lowest BCUT2D eigenvalue weighted by Crippen LogP contribution is -2.18. The molecule has 0 saturated carbocycles. The fourth-order valence-corrected chi connectivity index (χ4v) is 3.33. The normalized spacial score (nSPS) is 11.2. The van der Waals surface area contributed by atoms with Crippen LogP contribution in [-0.4, -0.2) is 27.2 Å². The van der Waals surface area contributed by atoms with Crippen LogP contribution in [0.4, 0.5) is 0 Å². The van der Waals surface area contributed by atoms with Crippen LogP contribution in [0.2, 0.25) is 0 Å². The second kappa shape index (κ2) is 9.71. The third-order valence-electron chi connectivity index (χ3n) is 3.92. The van der Waals surface area contributed by atoms with Gasteiger partial charge in [-0.15, -0.1) is 0 Å². The molecule has 0 heterocycles. The van der Waals surface area contributed by atoms with Crippen molar-refractivity contribution in [2.45, 2.75) is 11.8 Å². The summed E-state index contributed by atoms with van der Waals surface area (Å²) in [5.41, 5.74) is 0.981. The van der Waals surface area contributed by atoms with E-state index in [0.717, 1.165) is 0 Å². The smallest absolute Gasteiger partial charge is 0.343 e. The van der Waals surface area contributed by atoms with Crippen molar-refractivity contribution in [2.24, 2.45) is 5.10 Å². The van der Waals surface area contributed by atoms with Crippen molar-refractivity contribution in [1.82, 2.24) is 4.83 Å². The number of hydrogen-bond donors (Lipinski definition) is 1. The number of hydrogen-bond acceptors (Lipinski definition) is 6. The monoisotopic (exact) mass is 424 g/mol. The molecule has 3 rings (SSSR count). The van der Waals surface area contributed by atoms with E-state index in [9.17, 15) is 13.2 Å². The van der Waals surface area contributed by atoms with E-state index in [1.165, 1.54) is 18.3 Å². The Labute approximate surface area is 175 Å². The number of rotatable bonds is 8. The van der Waals surface area contributed by atoms with E-state index in [0.29, 0.717) is 23.5 Å². The van der Waals surface area contributed by atoms with Crippen molar-refractivity contribution in [1.29, 1.82) is 0 Å². The van der Waals surface area contributed by atoms with Gasteiger partial charge < -0.3 is 9.47 Å². The second-order valence-electron chi connectivity index (χ2n) is 6.06. The van der Waals surface area contributed by atoms with Crippen LogP contribution in [0.25, 0.3) is 0 Å². The molecular formula is C22H20N2O5S. The standard InChI is InChI=1S/C22H20N2O5S/c1-2-28-21-15-17(16-23-24-30(26,27)19-11-7-4-8-12-19)13-14-20(21)29-22(25)18-9-5-3-6-10-18/h3-16,24H,2H2,1H3/b23-16-. The predicted octanol–water partition coefficient (Wildman–Crippen LogP) is 3.62. The Morgan fingerprint density at radius 3 is 2.30 bits per heavy atom. The van der Waals surface area contributed by atoms with Crippen LogP contribution in [0.3, 0.4) is 0 Å². The number of nitrogens with one attached hydrogen (secondary N) is 1. The molecule has 0 amide bonds. The summed E-state index contributed by atoms with van der Waals surface area (Å²) in [6.45, 7) is 2.16. The zero-order valence-electron chi connectivity index (χ0n) is 16.2. The van der Waals surface area contributed by atoms with Gasteiger partial charge in [-0.25, -0.2) is 9.63 Å². The maximum Gasteiger partial charge on any atom is 0.343 e. The van der Waals surface area contributed by atoms with E-state index < -0.39 is 16.0 Å². The molecule has 0 atom stereocenters. The fraction of sp³-hybridized carbons (Fsp3) is 0.0909. The fourth-order valence-electron chi connectivity index (χ4n) is 2.51. The molecule has 0 aliphatic carbocycles. The molecule has 30 heavy (non-hydrogen) atoms. The predicted molar refractivity (Wildman–Crippen MR) is 113 cm³/mol. The van der Waals surface area contributed by atoms with Crippen LogP contribution in [0.15, 0.2) is 88.9 Å². The van der Waals surface area contributed by atoms with Gasteiger partial charge in [0.25, 0.3) is 10.0 Å². The Balaban J connectivity index is 1.74. The number of ether oxygens (including phenoxy) is 2. The van der Waals surface area contributed by atoms with Crippen molar-refractivity contribution in [3.05, 3.63) is 90.0 Å². The summed E-state index contributed by atoms with van der Waals surface area (Å²) in [5, 5.41) is 3.80. The van der Waals surface area contributed by atoms with Crippen LogP contribution in [0.1, 0.15) is 22.8 Å². The largest absolute Gasteiger partial charge is 0.490 e. The van der Waals surface area contributed by atoms with E-state index in [2.05, 4.69) is 9.93 Å². The highest BCUT2D eigenvalue weighted by Crippen LogP contribution is 2.29. The zero-order chi connectivity index (χ0) is 21.4. The second-order valence-corrected chi connectivity index (χ2v) is 7.72. The number of nitrogens with zero attached hydrogens (tertiary/aromatic N) is 1.